The van der Waals surface area contributed by atoms with Crippen LogP contribution in [0.3, 0.4) is 0 Å². The molecule has 1 aliphatic heterocycles. The molecule has 0 radical (unpaired) electrons. The summed E-state index contributed by atoms with van der Waals surface area (Å²) in [5, 5.41) is 0. The summed E-state index contributed by atoms with van der Waals surface area (Å²) < 4.78 is 17.2. The van der Waals surface area contributed by atoms with Crippen LogP contribution in [-0.4, -0.2) is 65.8 Å². The summed E-state index contributed by atoms with van der Waals surface area (Å²) in [6, 6.07) is 0. The van der Waals surface area contributed by atoms with Crippen molar-refractivity contribution in [3.63, 3.8) is 0 Å². The summed E-state index contributed by atoms with van der Waals surface area (Å²) in [4.78, 5) is 14.0. The summed E-state index contributed by atoms with van der Waals surface area (Å²) >= 11 is -2.26. The number of hydrogen-bond donors (Lipinski definition) is 1. The molecule has 2 N–H and O–H groups in total. The van der Waals surface area contributed by atoms with Crippen molar-refractivity contribution >= 4 is 24.5 Å². The Morgan fingerprint density at radius 2 is 1.40 bits per heavy atom. The van der Waals surface area contributed by atoms with E-state index in [1.807, 2.05) is 4.90 Å². The van der Waals surface area contributed by atoms with E-state index in [1.54, 1.807) is 0 Å². The van der Waals surface area contributed by atoms with Crippen LogP contribution in [-0.2, 0) is 9.47 Å². The molecule has 1 fully saturated rings. The van der Waals surface area contributed by atoms with Gasteiger partial charge in [0.2, 0.25) is 0 Å². The zero-order valence-electron chi connectivity index (χ0n) is 20.5. The number of carbonyl (C=O) groups excluding carboxylic acids is 1. The zero-order chi connectivity index (χ0) is 22.3. The molecule has 1 aliphatic rings. The van der Waals surface area contributed by atoms with Crippen molar-refractivity contribution in [1.82, 2.24) is 4.90 Å². The standard InChI is InChI=1S/C12H23N2O3.3C4H9.Sn/c1-3-4-9-17-11(15)14-7-5-12(13,6-8-14)10-16-2;3*1-3-4-2;/h2-10,13H2,1H3;3*1,3-4H2,2H3;. The summed E-state index contributed by atoms with van der Waals surface area (Å²) in [5.74, 6) is 0. The van der Waals surface area contributed by atoms with Crippen molar-refractivity contribution in [3.05, 3.63) is 0 Å². The topological polar surface area (TPSA) is 64.8 Å². The van der Waals surface area contributed by atoms with Gasteiger partial charge in [-0.05, 0) is 0 Å². The summed E-state index contributed by atoms with van der Waals surface area (Å²) in [5.41, 5.74) is 6.40. The minimum absolute atomic E-state index is 0.180. The number of carbonyl (C=O) groups is 1. The van der Waals surface area contributed by atoms with E-state index in [2.05, 4.69) is 27.7 Å². The number of hydrogen-bond acceptors (Lipinski definition) is 4. The molecule has 0 unspecified atom stereocenters. The van der Waals surface area contributed by atoms with E-state index in [9.17, 15) is 4.79 Å². The Morgan fingerprint density at radius 1 is 0.900 bits per heavy atom. The van der Waals surface area contributed by atoms with Gasteiger partial charge in [-0.25, -0.2) is 0 Å². The molecule has 0 aromatic carbocycles. The molecular formula is C24H50N2O3Sn. The Kier molecular flexibility index (Phi) is 14.7. The van der Waals surface area contributed by atoms with Gasteiger partial charge in [0.1, 0.15) is 0 Å². The molecule has 178 valence electrons. The van der Waals surface area contributed by atoms with Gasteiger partial charge in [0.15, 0.2) is 0 Å². The number of amides is 1. The fraction of sp³-hybridized carbons (Fsp3) is 0.958. The van der Waals surface area contributed by atoms with Crippen molar-refractivity contribution in [3.8, 4) is 0 Å². The molecule has 1 heterocycles. The molecule has 6 heteroatoms. The summed E-state index contributed by atoms with van der Waals surface area (Å²) in [6.45, 7) is 11.6. The molecule has 0 atom stereocenters. The number of unbranched alkanes of at least 4 members (excludes halogenated alkanes) is 4. The fourth-order valence-electron chi connectivity index (χ4n) is 4.39. The second kappa shape index (κ2) is 15.7. The van der Waals surface area contributed by atoms with Gasteiger partial charge in [0.05, 0.1) is 0 Å². The normalized spacial score (nSPS) is 16.6. The predicted octanol–water partition coefficient (Wildman–Crippen LogP) is 6.12. The van der Waals surface area contributed by atoms with Crippen LogP contribution in [0, 0.1) is 0 Å². The SMILES string of the molecule is CCCCOC(=O)N1CCC(N)(CO[CH2][Sn]([CH2]CCC)([CH2]CCC)[CH2]CCC)CC1. The number of rotatable bonds is 16. The zero-order valence-corrected chi connectivity index (χ0v) is 23.3. The first-order chi connectivity index (χ1) is 14.4. The van der Waals surface area contributed by atoms with Crippen molar-refractivity contribution in [2.24, 2.45) is 5.73 Å². The number of piperidine rings is 1. The van der Waals surface area contributed by atoms with Gasteiger partial charge >= 0.3 is 184 Å². The van der Waals surface area contributed by atoms with Crippen molar-refractivity contribution in [2.75, 3.05) is 30.9 Å². The van der Waals surface area contributed by atoms with E-state index in [4.69, 9.17) is 15.2 Å². The van der Waals surface area contributed by atoms with Gasteiger partial charge in [0, 0.05) is 0 Å². The molecule has 0 aliphatic carbocycles. The van der Waals surface area contributed by atoms with Gasteiger partial charge in [-0.1, -0.05) is 6.92 Å². The van der Waals surface area contributed by atoms with Crippen LogP contribution >= 0.6 is 0 Å². The van der Waals surface area contributed by atoms with Crippen LogP contribution in [0.2, 0.25) is 13.3 Å². The Hall–Kier alpha value is -0.0113. The molecule has 30 heavy (non-hydrogen) atoms. The van der Waals surface area contributed by atoms with Gasteiger partial charge in [0.25, 0.3) is 0 Å². The Labute approximate surface area is 190 Å². The first kappa shape index (κ1) is 28.0. The predicted molar refractivity (Wildman–Crippen MR) is 130 cm³/mol. The molecule has 0 saturated carbocycles. The second-order valence-corrected chi connectivity index (χ2v) is 23.3. The average Bonchev–Trinajstić information content (AvgIpc) is 2.75. The van der Waals surface area contributed by atoms with Gasteiger partial charge in [-0.15, -0.1) is 0 Å². The number of ether oxygens (including phenoxy) is 2. The van der Waals surface area contributed by atoms with Crippen molar-refractivity contribution < 1.29 is 14.3 Å². The molecular weight excluding hydrogens is 483 g/mol. The maximum atomic E-state index is 12.2. The minimum atomic E-state index is -2.26. The summed E-state index contributed by atoms with van der Waals surface area (Å²) in [7, 11) is 0. The Morgan fingerprint density at radius 3 is 1.87 bits per heavy atom. The molecule has 0 aromatic rings. The van der Waals surface area contributed by atoms with E-state index in [1.165, 1.54) is 51.8 Å². The molecule has 1 amide bonds. The molecule has 1 saturated heterocycles. The van der Waals surface area contributed by atoms with Crippen molar-refractivity contribution in [2.45, 2.75) is 111 Å². The molecule has 5 nitrogen and oxygen atoms in total. The van der Waals surface area contributed by atoms with Crippen LogP contribution in [0.15, 0.2) is 0 Å². The van der Waals surface area contributed by atoms with Crippen LogP contribution in [0.5, 0.6) is 0 Å². The van der Waals surface area contributed by atoms with Gasteiger partial charge < -0.3 is 0 Å². The third kappa shape index (κ3) is 10.5. The number of nitrogens with zero attached hydrogens (tertiary/aromatic N) is 1. The Balaban J connectivity index is 2.53. The van der Waals surface area contributed by atoms with Gasteiger partial charge in [-0.3, -0.25) is 0 Å². The summed E-state index contributed by atoms with van der Waals surface area (Å²) in [6.07, 6.45) is 11.4. The van der Waals surface area contributed by atoms with E-state index in [-0.39, 0.29) is 11.6 Å². The first-order valence-corrected chi connectivity index (χ1v) is 20.8. The second-order valence-electron chi connectivity index (χ2n) is 9.62. The Bertz CT molecular complexity index is 432. The van der Waals surface area contributed by atoms with E-state index >= 15 is 0 Å². The molecule has 0 aromatic heterocycles. The molecule has 0 spiro atoms. The van der Waals surface area contributed by atoms with Crippen LogP contribution < -0.4 is 5.73 Å². The van der Waals surface area contributed by atoms with E-state index in [0.29, 0.717) is 26.3 Å². The van der Waals surface area contributed by atoms with Crippen LogP contribution in [0.4, 0.5) is 4.79 Å². The third-order valence-electron chi connectivity index (χ3n) is 6.72. The van der Waals surface area contributed by atoms with Crippen molar-refractivity contribution in [1.29, 1.82) is 0 Å². The maximum absolute atomic E-state index is 12.2. The number of nitrogens with two attached hydrogens (primary N) is 1. The quantitative estimate of drug-likeness (QED) is 0.192. The fourth-order valence-corrected chi connectivity index (χ4v) is 18.7. The number of likely N-dealkylation sites (tertiary alicyclic amines) is 1. The van der Waals surface area contributed by atoms with Crippen LogP contribution in [0.25, 0.3) is 0 Å². The average molecular weight is 533 g/mol. The van der Waals surface area contributed by atoms with E-state index < -0.39 is 18.4 Å². The van der Waals surface area contributed by atoms with E-state index in [0.717, 1.165) is 30.3 Å². The third-order valence-corrected chi connectivity index (χ3v) is 21.2. The van der Waals surface area contributed by atoms with Crippen LogP contribution in [0.1, 0.15) is 91.9 Å². The van der Waals surface area contributed by atoms with Gasteiger partial charge in [-0.2, -0.15) is 0 Å². The first-order valence-electron chi connectivity index (χ1n) is 12.7. The molecule has 0 bridgehead atoms. The molecule has 1 rings (SSSR count). The monoisotopic (exact) mass is 534 g/mol.